The first-order valence-electron chi connectivity index (χ1n) is 4.03. The Labute approximate surface area is 72.2 Å². The lowest BCUT2D eigenvalue weighted by Gasteiger charge is -2.14. The van der Waals surface area contributed by atoms with Gasteiger partial charge in [-0.3, -0.25) is 9.59 Å². The van der Waals surface area contributed by atoms with Gasteiger partial charge in [-0.05, 0) is 6.42 Å². The van der Waals surface area contributed by atoms with Crippen LogP contribution in [0.3, 0.4) is 0 Å². The average Bonchev–Trinajstić information content (AvgIpc) is 2.00. The van der Waals surface area contributed by atoms with Crippen LogP contribution in [-0.4, -0.2) is 35.5 Å². The molecule has 0 aromatic heterocycles. The SMILES string of the molecule is CCCN(C)C(=O)CCC(=O)O. The summed E-state index contributed by atoms with van der Waals surface area (Å²) in [6.07, 6.45) is 0.925. The molecule has 1 amide bonds. The lowest BCUT2D eigenvalue weighted by molar-refractivity contribution is -0.140. The number of hydrogen-bond acceptors (Lipinski definition) is 2. The second-order valence-corrected chi connectivity index (χ2v) is 2.71. The smallest absolute Gasteiger partial charge is 0.303 e. The fraction of sp³-hybridized carbons (Fsp3) is 0.750. The third kappa shape index (κ3) is 4.71. The zero-order valence-corrected chi connectivity index (χ0v) is 7.54. The molecule has 1 N–H and O–H groups in total. The number of amides is 1. The summed E-state index contributed by atoms with van der Waals surface area (Å²) in [5.74, 6) is -1.02. The highest BCUT2D eigenvalue weighted by Gasteiger charge is 2.08. The zero-order chi connectivity index (χ0) is 9.56. The van der Waals surface area contributed by atoms with E-state index < -0.39 is 5.97 Å². The summed E-state index contributed by atoms with van der Waals surface area (Å²) in [7, 11) is 1.69. The van der Waals surface area contributed by atoms with Crippen molar-refractivity contribution in [3.05, 3.63) is 0 Å². The summed E-state index contributed by atoms with van der Waals surface area (Å²) >= 11 is 0. The Morgan fingerprint density at radius 2 is 1.92 bits per heavy atom. The molecular weight excluding hydrogens is 158 g/mol. The van der Waals surface area contributed by atoms with E-state index in [0.717, 1.165) is 6.42 Å². The predicted molar refractivity (Wildman–Crippen MR) is 44.8 cm³/mol. The number of carbonyl (C=O) groups excluding carboxylic acids is 1. The Bertz CT molecular complexity index is 168. The average molecular weight is 173 g/mol. The second-order valence-electron chi connectivity index (χ2n) is 2.71. The molecule has 0 heterocycles. The number of rotatable bonds is 5. The van der Waals surface area contributed by atoms with Gasteiger partial charge in [-0.25, -0.2) is 0 Å². The van der Waals surface area contributed by atoms with E-state index in [0.29, 0.717) is 6.54 Å². The highest BCUT2D eigenvalue weighted by molar-refractivity contribution is 5.80. The molecule has 0 aromatic rings. The van der Waals surface area contributed by atoms with Gasteiger partial charge in [0, 0.05) is 20.0 Å². The van der Waals surface area contributed by atoms with Crippen molar-refractivity contribution in [2.75, 3.05) is 13.6 Å². The van der Waals surface area contributed by atoms with Crippen molar-refractivity contribution in [1.29, 1.82) is 0 Å². The van der Waals surface area contributed by atoms with E-state index in [1.165, 1.54) is 0 Å². The van der Waals surface area contributed by atoms with E-state index in [4.69, 9.17) is 5.11 Å². The molecule has 0 aromatic carbocycles. The molecule has 12 heavy (non-hydrogen) atoms. The van der Waals surface area contributed by atoms with Crippen molar-refractivity contribution in [1.82, 2.24) is 4.90 Å². The Morgan fingerprint density at radius 3 is 2.33 bits per heavy atom. The highest BCUT2D eigenvalue weighted by atomic mass is 16.4. The summed E-state index contributed by atoms with van der Waals surface area (Å²) in [6.45, 7) is 2.67. The largest absolute Gasteiger partial charge is 0.481 e. The van der Waals surface area contributed by atoms with Crippen LogP contribution in [0.1, 0.15) is 26.2 Å². The topological polar surface area (TPSA) is 57.6 Å². The molecule has 0 unspecified atom stereocenters. The van der Waals surface area contributed by atoms with Gasteiger partial charge in [0.2, 0.25) is 5.91 Å². The van der Waals surface area contributed by atoms with Crippen LogP contribution in [-0.2, 0) is 9.59 Å². The molecule has 0 aliphatic rings. The van der Waals surface area contributed by atoms with Crippen LogP contribution in [0, 0.1) is 0 Å². The molecule has 0 radical (unpaired) electrons. The minimum Gasteiger partial charge on any atom is -0.481 e. The number of carbonyl (C=O) groups is 2. The van der Waals surface area contributed by atoms with Crippen LogP contribution < -0.4 is 0 Å². The summed E-state index contributed by atoms with van der Waals surface area (Å²) in [6, 6.07) is 0. The Balaban J connectivity index is 3.64. The lowest BCUT2D eigenvalue weighted by Crippen LogP contribution is -2.27. The molecule has 0 spiro atoms. The van der Waals surface area contributed by atoms with Crippen molar-refractivity contribution in [2.45, 2.75) is 26.2 Å². The first-order valence-corrected chi connectivity index (χ1v) is 4.03. The fourth-order valence-corrected chi connectivity index (χ4v) is 0.865. The molecule has 0 atom stereocenters. The van der Waals surface area contributed by atoms with E-state index >= 15 is 0 Å². The lowest BCUT2D eigenvalue weighted by atomic mass is 10.3. The molecular formula is C8H15NO3. The molecule has 0 aliphatic heterocycles. The van der Waals surface area contributed by atoms with Gasteiger partial charge in [0.15, 0.2) is 0 Å². The van der Waals surface area contributed by atoms with E-state index in [9.17, 15) is 9.59 Å². The van der Waals surface area contributed by atoms with E-state index in [1.54, 1.807) is 11.9 Å². The normalized spacial score (nSPS) is 9.50. The summed E-state index contributed by atoms with van der Waals surface area (Å²) in [5, 5.41) is 8.30. The van der Waals surface area contributed by atoms with Crippen LogP contribution in [0.15, 0.2) is 0 Å². The van der Waals surface area contributed by atoms with E-state index in [1.807, 2.05) is 6.92 Å². The molecule has 70 valence electrons. The number of carboxylic acids is 1. The van der Waals surface area contributed by atoms with Crippen molar-refractivity contribution < 1.29 is 14.7 Å². The van der Waals surface area contributed by atoms with Crippen LogP contribution >= 0.6 is 0 Å². The molecule has 0 saturated carbocycles. The van der Waals surface area contributed by atoms with Gasteiger partial charge >= 0.3 is 5.97 Å². The van der Waals surface area contributed by atoms with Crippen molar-refractivity contribution in [2.24, 2.45) is 0 Å². The first-order chi connectivity index (χ1) is 5.57. The summed E-state index contributed by atoms with van der Waals surface area (Å²) in [4.78, 5) is 22.8. The Kier molecular flexibility index (Phi) is 5.08. The third-order valence-corrected chi connectivity index (χ3v) is 1.54. The second kappa shape index (κ2) is 5.57. The Hall–Kier alpha value is -1.06. The number of hydrogen-bond donors (Lipinski definition) is 1. The van der Waals surface area contributed by atoms with Gasteiger partial charge < -0.3 is 10.0 Å². The Morgan fingerprint density at radius 1 is 1.33 bits per heavy atom. The highest BCUT2D eigenvalue weighted by Crippen LogP contribution is 1.96. The maximum Gasteiger partial charge on any atom is 0.303 e. The molecule has 0 bridgehead atoms. The maximum absolute atomic E-state index is 11.1. The zero-order valence-electron chi connectivity index (χ0n) is 7.54. The first kappa shape index (κ1) is 10.9. The van der Waals surface area contributed by atoms with Crippen LogP contribution in [0.5, 0.6) is 0 Å². The van der Waals surface area contributed by atoms with Crippen molar-refractivity contribution in [3.8, 4) is 0 Å². The van der Waals surface area contributed by atoms with Gasteiger partial charge in [-0.2, -0.15) is 0 Å². The molecule has 0 fully saturated rings. The van der Waals surface area contributed by atoms with Gasteiger partial charge in [0.25, 0.3) is 0 Å². The molecule has 4 heteroatoms. The van der Waals surface area contributed by atoms with Gasteiger partial charge in [0.05, 0.1) is 6.42 Å². The molecule has 0 aliphatic carbocycles. The van der Waals surface area contributed by atoms with Crippen LogP contribution in [0.2, 0.25) is 0 Å². The van der Waals surface area contributed by atoms with Crippen LogP contribution in [0.4, 0.5) is 0 Å². The number of nitrogens with zero attached hydrogens (tertiary/aromatic N) is 1. The van der Waals surface area contributed by atoms with E-state index in [2.05, 4.69) is 0 Å². The minimum absolute atomic E-state index is 0.0765. The molecule has 0 rings (SSSR count). The van der Waals surface area contributed by atoms with Crippen molar-refractivity contribution >= 4 is 11.9 Å². The predicted octanol–water partition coefficient (Wildman–Crippen LogP) is 0.720. The van der Waals surface area contributed by atoms with Crippen LogP contribution in [0.25, 0.3) is 0 Å². The summed E-state index contributed by atoms with van der Waals surface area (Å²) < 4.78 is 0. The third-order valence-electron chi connectivity index (χ3n) is 1.54. The van der Waals surface area contributed by atoms with Gasteiger partial charge in [-0.15, -0.1) is 0 Å². The number of carboxylic acid groups (broad SMARTS) is 1. The molecule has 4 nitrogen and oxygen atoms in total. The molecule has 0 saturated heterocycles. The van der Waals surface area contributed by atoms with Gasteiger partial charge in [-0.1, -0.05) is 6.92 Å². The maximum atomic E-state index is 11.1. The van der Waals surface area contributed by atoms with E-state index in [-0.39, 0.29) is 18.7 Å². The summed E-state index contributed by atoms with van der Waals surface area (Å²) in [5.41, 5.74) is 0. The quantitative estimate of drug-likeness (QED) is 0.666. The fourth-order valence-electron chi connectivity index (χ4n) is 0.865. The van der Waals surface area contributed by atoms with Crippen molar-refractivity contribution in [3.63, 3.8) is 0 Å². The standard InChI is InChI=1S/C8H15NO3/c1-3-6-9(2)7(10)4-5-8(11)12/h3-6H2,1-2H3,(H,11,12). The van der Waals surface area contributed by atoms with Gasteiger partial charge in [0.1, 0.15) is 0 Å². The monoisotopic (exact) mass is 173 g/mol. The number of aliphatic carboxylic acids is 1. The minimum atomic E-state index is -0.923.